The number of rotatable bonds is 4. The van der Waals surface area contributed by atoms with E-state index in [1.165, 1.54) is 0 Å². The highest BCUT2D eigenvalue weighted by molar-refractivity contribution is 6.37. The average Bonchev–Trinajstić information content (AvgIpc) is 2.26. The molecule has 0 bridgehead atoms. The second-order valence-corrected chi connectivity index (χ2v) is 4.02. The summed E-state index contributed by atoms with van der Waals surface area (Å²) in [6.07, 6.45) is 0.423. The predicted octanol–water partition coefficient (Wildman–Crippen LogP) is 2.78. The van der Waals surface area contributed by atoms with Crippen molar-refractivity contribution in [1.82, 2.24) is 4.98 Å². The second-order valence-electron chi connectivity index (χ2n) is 3.20. The first-order valence-corrected chi connectivity index (χ1v) is 5.47. The van der Waals surface area contributed by atoms with Gasteiger partial charge in [0.05, 0.1) is 22.5 Å². The molecule has 0 fully saturated rings. The van der Waals surface area contributed by atoms with Gasteiger partial charge in [0.1, 0.15) is 11.6 Å². The number of nitriles is 1. The number of pyridine rings is 1. The molecule has 4 nitrogen and oxygen atoms in total. The van der Waals surface area contributed by atoms with Crippen molar-refractivity contribution in [3.63, 3.8) is 0 Å². The summed E-state index contributed by atoms with van der Waals surface area (Å²) in [5.41, 5.74) is 0. The van der Waals surface area contributed by atoms with E-state index in [9.17, 15) is 0 Å². The average molecular weight is 259 g/mol. The smallest absolute Gasteiger partial charge is 0.149 e. The summed E-state index contributed by atoms with van der Waals surface area (Å²) >= 11 is 12.0. The fourth-order valence-electron chi connectivity index (χ4n) is 1.22. The molecule has 1 aromatic rings. The van der Waals surface area contributed by atoms with Gasteiger partial charge in [-0.1, -0.05) is 23.2 Å². The van der Waals surface area contributed by atoms with Crippen LogP contribution >= 0.6 is 23.2 Å². The van der Waals surface area contributed by atoms with E-state index in [0.29, 0.717) is 34.6 Å². The lowest BCUT2D eigenvalue weighted by Gasteiger charge is -2.19. The van der Waals surface area contributed by atoms with Gasteiger partial charge in [0.2, 0.25) is 0 Å². The Morgan fingerprint density at radius 2 is 2.19 bits per heavy atom. The Kier molecular flexibility index (Phi) is 4.66. The predicted molar refractivity (Wildman–Crippen MR) is 67.3 cm³/mol. The summed E-state index contributed by atoms with van der Waals surface area (Å²) in [5, 5.41) is 12.3. The van der Waals surface area contributed by atoms with Crippen LogP contribution in [-0.4, -0.2) is 25.6 Å². The van der Waals surface area contributed by atoms with E-state index in [2.05, 4.69) is 16.4 Å². The summed E-state index contributed by atoms with van der Waals surface area (Å²) < 4.78 is 0. The minimum atomic E-state index is 0.423. The maximum absolute atomic E-state index is 8.51. The number of hydrogen-bond donors (Lipinski definition) is 1. The van der Waals surface area contributed by atoms with Gasteiger partial charge in [-0.15, -0.1) is 0 Å². The van der Waals surface area contributed by atoms with Gasteiger partial charge in [-0.05, 0) is 6.07 Å². The van der Waals surface area contributed by atoms with Crippen molar-refractivity contribution < 1.29 is 0 Å². The van der Waals surface area contributed by atoms with Gasteiger partial charge < -0.3 is 10.2 Å². The van der Waals surface area contributed by atoms with Crippen molar-refractivity contribution in [3.8, 4) is 6.07 Å². The highest BCUT2D eigenvalue weighted by Crippen LogP contribution is 2.30. The minimum absolute atomic E-state index is 0.423. The van der Waals surface area contributed by atoms with Crippen molar-refractivity contribution >= 4 is 34.8 Å². The molecule has 16 heavy (non-hydrogen) atoms. The minimum Gasteiger partial charge on any atom is -0.372 e. The van der Waals surface area contributed by atoms with Crippen molar-refractivity contribution in [3.05, 3.63) is 16.1 Å². The van der Waals surface area contributed by atoms with E-state index in [1.54, 1.807) is 13.1 Å². The molecule has 0 radical (unpaired) electrons. The molecule has 0 saturated heterocycles. The van der Waals surface area contributed by atoms with E-state index in [1.807, 2.05) is 11.9 Å². The topological polar surface area (TPSA) is 52.0 Å². The largest absolute Gasteiger partial charge is 0.372 e. The van der Waals surface area contributed by atoms with Gasteiger partial charge in [0.25, 0.3) is 0 Å². The van der Waals surface area contributed by atoms with Crippen molar-refractivity contribution in [2.75, 3.05) is 30.9 Å². The molecule has 0 saturated carbocycles. The van der Waals surface area contributed by atoms with Crippen LogP contribution in [0.2, 0.25) is 10.0 Å². The van der Waals surface area contributed by atoms with Crippen LogP contribution in [0.5, 0.6) is 0 Å². The molecule has 0 aromatic carbocycles. The molecule has 6 heteroatoms. The van der Waals surface area contributed by atoms with Crippen molar-refractivity contribution in [1.29, 1.82) is 5.26 Å². The molecule has 0 spiro atoms. The SMILES string of the molecule is CNc1nc(N(C)CCC#N)c(Cl)cc1Cl. The Morgan fingerprint density at radius 3 is 2.75 bits per heavy atom. The molecule has 0 aliphatic carbocycles. The summed E-state index contributed by atoms with van der Waals surface area (Å²) in [6, 6.07) is 3.71. The van der Waals surface area contributed by atoms with E-state index >= 15 is 0 Å². The molecule has 1 N–H and O–H groups in total. The summed E-state index contributed by atoms with van der Waals surface area (Å²) in [7, 11) is 3.57. The van der Waals surface area contributed by atoms with Gasteiger partial charge in [0.15, 0.2) is 0 Å². The number of aromatic nitrogens is 1. The summed E-state index contributed by atoms with van der Waals surface area (Å²) in [5.74, 6) is 1.19. The maximum atomic E-state index is 8.51. The first-order chi connectivity index (χ1) is 7.60. The maximum Gasteiger partial charge on any atom is 0.149 e. The number of halogens is 2. The zero-order chi connectivity index (χ0) is 12.1. The molecule has 86 valence electrons. The van der Waals surface area contributed by atoms with Crippen LogP contribution in [0.4, 0.5) is 11.6 Å². The highest BCUT2D eigenvalue weighted by Gasteiger charge is 2.11. The van der Waals surface area contributed by atoms with Crippen LogP contribution in [0, 0.1) is 11.3 Å². The lowest BCUT2D eigenvalue weighted by molar-refractivity contribution is 0.886. The third-order valence-corrected chi connectivity index (χ3v) is 2.63. The first kappa shape index (κ1) is 12.9. The van der Waals surface area contributed by atoms with Crippen molar-refractivity contribution in [2.24, 2.45) is 0 Å². The number of anilines is 2. The van der Waals surface area contributed by atoms with Crippen LogP contribution in [0.1, 0.15) is 6.42 Å². The van der Waals surface area contributed by atoms with Crippen LogP contribution in [0.15, 0.2) is 6.07 Å². The molecule has 0 amide bonds. The quantitative estimate of drug-likeness (QED) is 0.903. The zero-order valence-electron chi connectivity index (χ0n) is 9.09. The summed E-state index contributed by atoms with van der Waals surface area (Å²) in [4.78, 5) is 6.11. The van der Waals surface area contributed by atoms with Gasteiger partial charge in [0, 0.05) is 20.6 Å². The number of hydrogen-bond acceptors (Lipinski definition) is 4. The Balaban J connectivity index is 2.99. The lowest BCUT2D eigenvalue weighted by Crippen LogP contribution is -2.20. The summed E-state index contributed by atoms with van der Waals surface area (Å²) in [6.45, 7) is 0.577. The van der Waals surface area contributed by atoms with Gasteiger partial charge >= 0.3 is 0 Å². The van der Waals surface area contributed by atoms with Crippen LogP contribution in [0.3, 0.4) is 0 Å². The highest BCUT2D eigenvalue weighted by atomic mass is 35.5. The molecule has 1 heterocycles. The lowest BCUT2D eigenvalue weighted by atomic mass is 10.3. The second kappa shape index (κ2) is 5.78. The normalized spacial score (nSPS) is 9.69. The number of nitrogens with one attached hydrogen (secondary N) is 1. The zero-order valence-corrected chi connectivity index (χ0v) is 10.6. The molecule has 0 unspecified atom stereocenters. The first-order valence-electron chi connectivity index (χ1n) is 4.72. The molecule has 0 atom stereocenters. The molecule has 0 aliphatic rings. The molecule has 1 aromatic heterocycles. The number of nitrogens with zero attached hydrogens (tertiary/aromatic N) is 3. The van der Waals surface area contributed by atoms with E-state index in [-0.39, 0.29) is 0 Å². The Morgan fingerprint density at radius 1 is 1.50 bits per heavy atom. The van der Waals surface area contributed by atoms with Crippen molar-refractivity contribution in [2.45, 2.75) is 6.42 Å². The van der Waals surface area contributed by atoms with Gasteiger partial charge in [-0.3, -0.25) is 0 Å². The standard InChI is InChI=1S/C10H12Cl2N4/c1-14-9-7(11)6-8(12)10(15-9)16(2)5-3-4-13/h6H,3,5H2,1-2H3,(H,14,15). The van der Waals surface area contributed by atoms with Crippen LogP contribution in [-0.2, 0) is 0 Å². The Bertz CT molecular complexity index is 414. The van der Waals surface area contributed by atoms with E-state index in [4.69, 9.17) is 28.5 Å². The fourth-order valence-corrected chi connectivity index (χ4v) is 1.82. The van der Waals surface area contributed by atoms with E-state index < -0.39 is 0 Å². The molecular formula is C10H12Cl2N4. The molecule has 1 rings (SSSR count). The van der Waals surface area contributed by atoms with Gasteiger partial charge in [-0.2, -0.15) is 5.26 Å². The molecular weight excluding hydrogens is 247 g/mol. The fraction of sp³-hybridized carbons (Fsp3) is 0.400. The Labute approximate surface area is 105 Å². The molecule has 0 aliphatic heterocycles. The van der Waals surface area contributed by atoms with Gasteiger partial charge in [-0.25, -0.2) is 4.98 Å². The Hall–Kier alpha value is -1.18. The van der Waals surface area contributed by atoms with Crippen LogP contribution in [0.25, 0.3) is 0 Å². The van der Waals surface area contributed by atoms with Crippen LogP contribution < -0.4 is 10.2 Å². The third kappa shape index (κ3) is 2.91. The monoisotopic (exact) mass is 258 g/mol. The third-order valence-electron chi connectivity index (χ3n) is 2.07. The van der Waals surface area contributed by atoms with E-state index in [0.717, 1.165) is 0 Å².